The summed E-state index contributed by atoms with van der Waals surface area (Å²) < 4.78 is 0. The predicted octanol–water partition coefficient (Wildman–Crippen LogP) is 1.55. The maximum atomic E-state index is 12.0. The summed E-state index contributed by atoms with van der Waals surface area (Å²) in [6, 6.07) is 8.70. The molecule has 3 N–H and O–H groups in total. The number of rotatable bonds is 4. The summed E-state index contributed by atoms with van der Waals surface area (Å²) in [4.78, 5) is 24.0. The number of nitrogens with one attached hydrogen (secondary N) is 3. The largest absolute Gasteiger partial charge is 0.344 e. The van der Waals surface area contributed by atoms with Crippen LogP contribution in [-0.4, -0.2) is 30.9 Å². The lowest BCUT2D eigenvalue weighted by Crippen LogP contribution is -2.46. The molecule has 116 valence electrons. The van der Waals surface area contributed by atoms with Crippen molar-refractivity contribution >= 4 is 29.9 Å². The first-order valence-corrected chi connectivity index (χ1v) is 7.04. The fourth-order valence-corrected chi connectivity index (χ4v) is 2.25. The number of carbonyl (C=O) groups excluding carboxylic acids is 2. The molecule has 0 saturated carbocycles. The molecule has 21 heavy (non-hydrogen) atoms. The van der Waals surface area contributed by atoms with Gasteiger partial charge in [0.05, 0.1) is 0 Å². The van der Waals surface area contributed by atoms with E-state index >= 15 is 0 Å². The van der Waals surface area contributed by atoms with Gasteiger partial charge >= 0.3 is 0 Å². The maximum absolute atomic E-state index is 12.0. The number of hydrogen-bond donors (Lipinski definition) is 3. The molecule has 1 saturated heterocycles. The number of para-hydroxylation sites is 1. The first-order valence-electron chi connectivity index (χ1n) is 7.04. The summed E-state index contributed by atoms with van der Waals surface area (Å²) in [6.07, 6.45) is 1.66. The molecule has 0 bridgehead atoms. The van der Waals surface area contributed by atoms with Gasteiger partial charge < -0.3 is 16.0 Å². The average Bonchev–Trinajstić information content (AvgIpc) is 2.49. The highest BCUT2D eigenvalue weighted by Crippen LogP contribution is 2.12. The summed E-state index contributed by atoms with van der Waals surface area (Å²) in [6.45, 7) is 3.43. The van der Waals surface area contributed by atoms with E-state index in [1.165, 1.54) is 0 Å². The summed E-state index contributed by atoms with van der Waals surface area (Å²) in [5.41, 5.74) is 0.737. The summed E-state index contributed by atoms with van der Waals surface area (Å²) in [5.74, 6) is -0.205. The van der Waals surface area contributed by atoms with Crippen molar-refractivity contribution in [1.82, 2.24) is 10.6 Å². The van der Waals surface area contributed by atoms with E-state index in [9.17, 15) is 9.59 Å². The number of piperidine rings is 1. The topological polar surface area (TPSA) is 70.2 Å². The van der Waals surface area contributed by atoms with Gasteiger partial charge in [-0.05, 0) is 45.0 Å². The van der Waals surface area contributed by atoms with Crippen LogP contribution in [0.2, 0.25) is 0 Å². The highest BCUT2D eigenvalue weighted by atomic mass is 35.5. The second-order valence-electron chi connectivity index (χ2n) is 5.11. The molecule has 1 heterocycles. The first-order chi connectivity index (χ1) is 9.66. The minimum absolute atomic E-state index is 0. The van der Waals surface area contributed by atoms with E-state index in [-0.39, 0.29) is 30.1 Å². The maximum Gasteiger partial charge on any atom is 0.246 e. The lowest BCUT2D eigenvalue weighted by Gasteiger charge is -2.23. The predicted molar refractivity (Wildman–Crippen MR) is 85.5 cm³/mol. The highest BCUT2D eigenvalue weighted by molar-refractivity contribution is 5.97. The van der Waals surface area contributed by atoms with Crippen LogP contribution >= 0.6 is 12.4 Å². The molecule has 0 aliphatic carbocycles. The minimum atomic E-state index is -0.530. The Morgan fingerprint density at radius 2 is 1.81 bits per heavy atom. The van der Waals surface area contributed by atoms with Crippen molar-refractivity contribution in [2.24, 2.45) is 5.92 Å². The lowest BCUT2D eigenvalue weighted by atomic mass is 9.97. The van der Waals surface area contributed by atoms with Crippen LogP contribution in [0.1, 0.15) is 19.8 Å². The van der Waals surface area contributed by atoms with Gasteiger partial charge in [0.15, 0.2) is 0 Å². The Labute approximate surface area is 131 Å². The third-order valence-corrected chi connectivity index (χ3v) is 3.50. The smallest absolute Gasteiger partial charge is 0.246 e. The molecule has 1 fully saturated rings. The van der Waals surface area contributed by atoms with E-state index in [1.54, 1.807) is 6.92 Å². The van der Waals surface area contributed by atoms with Crippen LogP contribution in [0.5, 0.6) is 0 Å². The van der Waals surface area contributed by atoms with Gasteiger partial charge in [-0.25, -0.2) is 0 Å². The van der Waals surface area contributed by atoms with E-state index in [0.717, 1.165) is 31.6 Å². The number of carbonyl (C=O) groups is 2. The van der Waals surface area contributed by atoms with Gasteiger partial charge in [-0.2, -0.15) is 0 Å². The molecular formula is C15H22ClN3O2. The van der Waals surface area contributed by atoms with Crippen LogP contribution in [0.15, 0.2) is 30.3 Å². The van der Waals surface area contributed by atoms with E-state index < -0.39 is 6.04 Å². The van der Waals surface area contributed by atoms with E-state index in [2.05, 4.69) is 16.0 Å². The minimum Gasteiger partial charge on any atom is -0.344 e. The Balaban J connectivity index is 0.00000220. The third kappa shape index (κ3) is 5.36. The summed E-state index contributed by atoms with van der Waals surface area (Å²) in [7, 11) is 0. The molecule has 0 radical (unpaired) electrons. The van der Waals surface area contributed by atoms with Gasteiger partial charge in [0.25, 0.3) is 0 Å². The van der Waals surface area contributed by atoms with Gasteiger partial charge in [0, 0.05) is 11.6 Å². The van der Waals surface area contributed by atoms with Gasteiger partial charge in [-0.1, -0.05) is 18.2 Å². The van der Waals surface area contributed by atoms with Gasteiger partial charge in [-0.15, -0.1) is 12.4 Å². The Morgan fingerprint density at radius 3 is 2.43 bits per heavy atom. The zero-order valence-corrected chi connectivity index (χ0v) is 12.9. The molecule has 1 aromatic carbocycles. The van der Waals surface area contributed by atoms with Crippen LogP contribution in [0.25, 0.3) is 0 Å². The van der Waals surface area contributed by atoms with Crippen molar-refractivity contribution in [1.29, 1.82) is 0 Å². The monoisotopic (exact) mass is 311 g/mol. The molecule has 0 spiro atoms. The third-order valence-electron chi connectivity index (χ3n) is 3.50. The van der Waals surface area contributed by atoms with Crippen LogP contribution in [0, 0.1) is 5.92 Å². The van der Waals surface area contributed by atoms with Crippen LogP contribution in [-0.2, 0) is 9.59 Å². The number of halogens is 1. The van der Waals surface area contributed by atoms with E-state index in [4.69, 9.17) is 0 Å². The second kappa shape index (κ2) is 8.64. The average molecular weight is 312 g/mol. The molecule has 1 atom stereocenters. The van der Waals surface area contributed by atoms with Crippen molar-refractivity contribution in [3.8, 4) is 0 Å². The number of amides is 2. The molecule has 2 rings (SSSR count). The van der Waals surface area contributed by atoms with Gasteiger partial charge in [0.2, 0.25) is 11.8 Å². The SMILES string of the molecule is CC(NC(=O)C1CCNCC1)C(=O)Nc1ccccc1.Cl. The van der Waals surface area contributed by atoms with Gasteiger partial charge in [-0.3, -0.25) is 9.59 Å². The zero-order valence-electron chi connectivity index (χ0n) is 12.1. The molecule has 1 unspecified atom stereocenters. The van der Waals surface area contributed by atoms with Gasteiger partial charge in [0.1, 0.15) is 6.04 Å². The molecule has 6 heteroatoms. The Kier molecular flexibility index (Phi) is 7.19. The molecule has 5 nitrogen and oxygen atoms in total. The van der Waals surface area contributed by atoms with E-state index in [1.807, 2.05) is 30.3 Å². The lowest BCUT2D eigenvalue weighted by molar-refractivity contribution is -0.129. The zero-order chi connectivity index (χ0) is 14.4. The number of anilines is 1. The molecular weight excluding hydrogens is 290 g/mol. The van der Waals surface area contributed by atoms with Crippen LogP contribution in [0.3, 0.4) is 0 Å². The van der Waals surface area contributed by atoms with E-state index in [0.29, 0.717) is 0 Å². The molecule has 1 aromatic rings. The molecule has 1 aliphatic heterocycles. The fourth-order valence-electron chi connectivity index (χ4n) is 2.25. The quantitative estimate of drug-likeness (QED) is 0.790. The van der Waals surface area contributed by atoms with Crippen LogP contribution < -0.4 is 16.0 Å². The van der Waals surface area contributed by atoms with Crippen molar-refractivity contribution in [2.45, 2.75) is 25.8 Å². The number of hydrogen-bond acceptors (Lipinski definition) is 3. The molecule has 1 aliphatic rings. The van der Waals surface area contributed by atoms with Crippen LogP contribution in [0.4, 0.5) is 5.69 Å². The van der Waals surface area contributed by atoms with Crippen molar-refractivity contribution < 1.29 is 9.59 Å². The normalized spacial score (nSPS) is 16.4. The first kappa shape index (κ1) is 17.5. The van der Waals surface area contributed by atoms with Crippen molar-refractivity contribution in [3.63, 3.8) is 0 Å². The second-order valence-corrected chi connectivity index (χ2v) is 5.11. The fraction of sp³-hybridized carbons (Fsp3) is 0.467. The Morgan fingerprint density at radius 1 is 1.19 bits per heavy atom. The Hall–Kier alpha value is -1.59. The highest BCUT2D eigenvalue weighted by Gasteiger charge is 2.24. The van der Waals surface area contributed by atoms with Crippen molar-refractivity contribution in [3.05, 3.63) is 30.3 Å². The molecule has 0 aromatic heterocycles. The Bertz CT molecular complexity index is 461. The standard InChI is InChI=1S/C15H21N3O2.ClH/c1-11(14(19)18-13-5-3-2-4-6-13)17-15(20)12-7-9-16-10-8-12;/h2-6,11-12,16H,7-10H2,1H3,(H,17,20)(H,18,19);1H. The van der Waals surface area contributed by atoms with Crippen molar-refractivity contribution in [2.75, 3.05) is 18.4 Å². The molecule has 2 amide bonds. The summed E-state index contributed by atoms with van der Waals surface area (Å²) >= 11 is 0. The number of benzene rings is 1. The summed E-state index contributed by atoms with van der Waals surface area (Å²) in [5, 5.41) is 8.79.